The van der Waals surface area contributed by atoms with E-state index in [1.807, 2.05) is 30.1 Å². The second-order valence-corrected chi connectivity index (χ2v) is 7.49. The third-order valence-corrected chi connectivity index (χ3v) is 5.36. The summed E-state index contributed by atoms with van der Waals surface area (Å²) in [6.45, 7) is 0.336. The fourth-order valence-electron chi connectivity index (χ4n) is 3.02. The zero-order chi connectivity index (χ0) is 21.1. The minimum Gasteiger partial charge on any atom is -0.353 e. The van der Waals surface area contributed by atoms with Gasteiger partial charge < -0.3 is 14.6 Å². The maximum Gasteiger partial charge on any atom is 0.279 e. The molecule has 30 heavy (non-hydrogen) atoms. The minimum atomic E-state index is -0.449. The highest BCUT2D eigenvalue weighted by Gasteiger charge is 2.20. The number of nitrogens with zero attached hydrogens (tertiary/aromatic N) is 4. The lowest BCUT2D eigenvalue weighted by molar-refractivity contribution is 0.0403. The van der Waals surface area contributed by atoms with Crippen molar-refractivity contribution in [2.75, 3.05) is 11.9 Å². The van der Waals surface area contributed by atoms with Crippen molar-refractivity contribution in [3.63, 3.8) is 0 Å². The number of halogens is 2. The Morgan fingerprint density at radius 3 is 2.87 bits per heavy atom. The number of hydrogen-bond acceptors (Lipinski definition) is 6. The lowest BCUT2D eigenvalue weighted by Crippen LogP contribution is -2.37. The van der Waals surface area contributed by atoms with Crippen LogP contribution in [0.3, 0.4) is 0 Å². The summed E-state index contributed by atoms with van der Waals surface area (Å²) in [6, 6.07) is 9.12. The number of rotatable bonds is 7. The number of anilines is 1. The quantitative estimate of drug-likeness (QED) is 0.422. The average molecular weight is 445 g/mol. The second-order valence-electron chi connectivity index (χ2n) is 6.67. The summed E-state index contributed by atoms with van der Waals surface area (Å²) in [6.07, 6.45) is 4.91. The normalized spacial score (nSPS) is 12.2. The van der Waals surface area contributed by atoms with Crippen LogP contribution in [0.15, 0.2) is 53.7 Å². The van der Waals surface area contributed by atoms with Crippen molar-refractivity contribution in [2.45, 2.75) is 19.3 Å². The van der Waals surface area contributed by atoms with Crippen LogP contribution in [0.5, 0.6) is 0 Å². The first-order chi connectivity index (χ1) is 14.5. The fourth-order valence-corrected chi connectivity index (χ4v) is 3.31. The molecule has 0 aliphatic rings. The topological polar surface area (TPSA) is 99.8 Å². The van der Waals surface area contributed by atoms with Crippen molar-refractivity contribution in [1.29, 1.82) is 0 Å². The number of aromatic amines is 2. The molecule has 0 aliphatic heterocycles. The largest absolute Gasteiger partial charge is 0.353 e. The Hall–Kier alpha value is -2.94. The van der Waals surface area contributed by atoms with E-state index in [1.54, 1.807) is 30.7 Å². The molecule has 0 aliphatic carbocycles. The summed E-state index contributed by atoms with van der Waals surface area (Å²) in [7, 11) is 1.88. The third-order valence-electron chi connectivity index (χ3n) is 4.62. The monoisotopic (exact) mass is 444 g/mol. The van der Waals surface area contributed by atoms with Crippen LogP contribution in [0, 0.1) is 0 Å². The van der Waals surface area contributed by atoms with Crippen LogP contribution in [-0.4, -0.2) is 38.4 Å². The molecule has 3 heterocycles. The number of pyridine rings is 1. The molecule has 0 amide bonds. The Kier molecular flexibility index (Phi) is 5.98. The van der Waals surface area contributed by atoms with E-state index in [4.69, 9.17) is 27.9 Å². The molecule has 0 spiro atoms. The SMILES string of the molecule is CN(c1ccc(Cl)c(Cl)c1)[C@H](Cc1nc2c[nH]nc2c(=O)[nH]1)OCc1cccnc1. The Balaban J connectivity index is 1.62. The van der Waals surface area contributed by atoms with E-state index in [2.05, 4.69) is 25.1 Å². The lowest BCUT2D eigenvalue weighted by atomic mass is 10.2. The zero-order valence-electron chi connectivity index (χ0n) is 16.0. The molecule has 10 heteroatoms. The van der Waals surface area contributed by atoms with Crippen molar-refractivity contribution < 1.29 is 4.74 Å². The fraction of sp³-hybridized carbons (Fsp3) is 0.200. The Morgan fingerprint density at radius 2 is 2.10 bits per heavy atom. The molecule has 1 atom stereocenters. The van der Waals surface area contributed by atoms with Crippen molar-refractivity contribution in [1.82, 2.24) is 25.1 Å². The summed E-state index contributed by atoms with van der Waals surface area (Å²) in [5.74, 6) is 0.483. The maximum absolute atomic E-state index is 12.3. The number of aromatic nitrogens is 5. The first kappa shape index (κ1) is 20.3. The van der Waals surface area contributed by atoms with Gasteiger partial charge >= 0.3 is 0 Å². The number of nitrogens with one attached hydrogen (secondary N) is 2. The Morgan fingerprint density at radius 1 is 1.23 bits per heavy atom. The zero-order valence-corrected chi connectivity index (χ0v) is 17.5. The molecule has 1 aromatic carbocycles. The van der Waals surface area contributed by atoms with E-state index in [-0.39, 0.29) is 11.1 Å². The van der Waals surface area contributed by atoms with Gasteiger partial charge in [0.25, 0.3) is 5.56 Å². The second kappa shape index (κ2) is 8.83. The van der Waals surface area contributed by atoms with Gasteiger partial charge in [-0.2, -0.15) is 5.10 Å². The molecular formula is C20H18Cl2N6O2. The minimum absolute atomic E-state index is 0.268. The van der Waals surface area contributed by atoms with Crippen LogP contribution < -0.4 is 10.5 Å². The molecule has 0 radical (unpaired) electrons. The summed E-state index contributed by atoms with van der Waals surface area (Å²) < 4.78 is 6.18. The van der Waals surface area contributed by atoms with Gasteiger partial charge in [0.1, 0.15) is 17.6 Å². The van der Waals surface area contributed by atoms with Crippen LogP contribution >= 0.6 is 23.2 Å². The molecule has 154 valence electrons. The van der Waals surface area contributed by atoms with Crippen LogP contribution in [-0.2, 0) is 17.8 Å². The maximum atomic E-state index is 12.3. The van der Waals surface area contributed by atoms with Gasteiger partial charge in [-0.05, 0) is 29.8 Å². The molecule has 4 rings (SSSR count). The van der Waals surface area contributed by atoms with Gasteiger partial charge in [0.2, 0.25) is 0 Å². The van der Waals surface area contributed by atoms with Crippen molar-refractivity contribution >= 4 is 39.9 Å². The van der Waals surface area contributed by atoms with E-state index in [1.165, 1.54) is 0 Å². The number of benzene rings is 1. The highest BCUT2D eigenvalue weighted by atomic mass is 35.5. The molecule has 0 saturated heterocycles. The van der Waals surface area contributed by atoms with Gasteiger partial charge in [0, 0.05) is 31.3 Å². The molecule has 8 nitrogen and oxygen atoms in total. The molecule has 3 aromatic heterocycles. The molecule has 0 saturated carbocycles. The first-order valence-electron chi connectivity index (χ1n) is 9.12. The summed E-state index contributed by atoms with van der Waals surface area (Å²) in [4.78, 5) is 25.6. The number of ether oxygens (including phenoxy) is 1. The summed E-state index contributed by atoms with van der Waals surface area (Å²) >= 11 is 12.2. The van der Waals surface area contributed by atoms with E-state index >= 15 is 0 Å². The van der Waals surface area contributed by atoms with Crippen LogP contribution in [0.25, 0.3) is 11.0 Å². The lowest BCUT2D eigenvalue weighted by Gasteiger charge is -2.30. The highest BCUT2D eigenvalue weighted by molar-refractivity contribution is 6.42. The van der Waals surface area contributed by atoms with Crippen molar-refractivity contribution in [2.24, 2.45) is 0 Å². The van der Waals surface area contributed by atoms with E-state index in [0.29, 0.717) is 34.4 Å². The van der Waals surface area contributed by atoms with Gasteiger partial charge in [-0.1, -0.05) is 29.3 Å². The third kappa shape index (κ3) is 4.46. The van der Waals surface area contributed by atoms with Crippen molar-refractivity contribution in [3.05, 3.63) is 80.7 Å². The number of likely N-dealkylation sites (N-methyl/N-ethyl adjacent to an activating group) is 1. The van der Waals surface area contributed by atoms with Crippen LogP contribution in [0.1, 0.15) is 11.4 Å². The average Bonchev–Trinajstić information content (AvgIpc) is 3.22. The molecule has 0 fully saturated rings. The summed E-state index contributed by atoms with van der Waals surface area (Å²) in [5, 5.41) is 7.48. The van der Waals surface area contributed by atoms with E-state index in [9.17, 15) is 4.79 Å². The van der Waals surface area contributed by atoms with Crippen LogP contribution in [0.4, 0.5) is 5.69 Å². The predicted molar refractivity (Wildman–Crippen MR) is 116 cm³/mol. The predicted octanol–water partition coefficient (Wildman–Crippen LogP) is 3.57. The first-order valence-corrected chi connectivity index (χ1v) is 9.88. The standard InChI is InChI=1S/C20H18Cl2N6O2/c1-28(13-4-5-14(21)15(22)7-13)18(30-11-12-3-2-6-23-9-12)8-17-25-16-10-24-27-19(16)20(29)26-17/h2-7,9-10,18H,8,11H2,1H3,(H,24,27)(H,25,26,29)/t18-/m0/s1. The van der Waals surface area contributed by atoms with Crippen molar-refractivity contribution in [3.8, 4) is 0 Å². The van der Waals surface area contributed by atoms with E-state index < -0.39 is 6.23 Å². The number of fused-ring (bicyclic) bond motifs is 1. The molecular weight excluding hydrogens is 427 g/mol. The summed E-state index contributed by atoms with van der Waals surface area (Å²) in [5.41, 5.74) is 2.20. The van der Waals surface area contributed by atoms with Gasteiger partial charge in [0.05, 0.1) is 23.1 Å². The smallest absolute Gasteiger partial charge is 0.279 e. The van der Waals surface area contributed by atoms with E-state index in [0.717, 1.165) is 11.3 Å². The Bertz CT molecular complexity index is 1210. The van der Waals surface area contributed by atoms with Crippen LogP contribution in [0.2, 0.25) is 10.0 Å². The van der Waals surface area contributed by atoms with Gasteiger partial charge in [-0.25, -0.2) is 4.98 Å². The number of H-pyrrole nitrogens is 2. The van der Waals surface area contributed by atoms with Gasteiger partial charge in [0.15, 0.2) is 5.52 Å². The highest BCUT2D eigenvalue weighted by Crippen LogP contribution is 2.28. The van der Waals surface area contributed by atoms with Gasteiger partial charge in [-0.15, -0.1) is 0 Å². The molecule has 4 aromatic rings. The molecule has 0 unspecified atom stereocenters. The Labute approximate surface area is 181 Å². The molecule has 0 bridgehead atoms. The number of hydrogen-bond donors (Lipinski definition) is 2. The van der Waals surface area contributed by atoms with Gasteiger partial charge in [-0.3, -0.25) is 14.9 Å². The molecule has 2 N–H and O–H groups in total.